The summed E-state index contributed by atoms with van der Waals surface area (Å²) >= 11 is 0. The summed E-state index contributed by atoms with van der Waals surface area (Å²) in [4.78, 5) is 38.6. The first-order valence-corrected chi connectivity index (χ1v) is 9.87. The number of hydrogen-bond acceptors (Lipinski definition) is 8. The normalized spacial score (nSPS) is 10.4. The minimum Gasteiger partial charge on any atom is -0.478 e. The van der Waals surface area contributed by atoms with Crippen LogP contribution in [-0.2, 0) is 7.05 Å². The van der Waals surface area contributed by atoms with Gasteiger partial charge < -0.3 is 14.6 Å². The zero-order chi connectivity index (χ0) is 24.1. The Morgan fingerprint density at radius 2 is 1.41 bits per heavy atom. The maximum atomic E-state index is 13.1. The standard InChI is InChI=1S/C23H17N5O6/c1-27-20(24-25-26-27)15-12-16(21(29)30)14-17(13-15)28(22(31)33-18-8-4-2-5-9-18)23(32)34-19-10-6-3-7-11-19/h2-14H,1H3,(H,29,30). The summed E-state index contributed by atoms with van der Waals surface area (Å²) in [5.74, 6) is -0.711. The van der Waals surface area contributed by atoms with E-state index in [9.17, 15) is 19.5 Å². The molecule has 2 amide bonds. The average Bonchev–Trinajstić information content (AvgIpc) is 3.26. The minimum absolute atomic E-state index is 0.111. The molecule has 0 bridgehead atoms. The monoisotopic (exact) mass is 459 g/mol. The van der Waals surface area contributed by atoms with Gasteiger partial charge in [0.05, 0.1) is 11.3 Å². The number of nitrogens with zero attached hydrogens (tertiary/aromatic N) is 5. The van der Waals surface area contributed by atoms with Crippen molar-refractivity contribution in [2.75, 3.05) is 4.90 Å². The molecule has 3 aromatic carbocycles. The van der Waals surface area contributed by atoms with Crippen LogP contribution >= 0.6 is 0 Å². The number of tetrazole rings is 1. The highest BCUT2D eigenvalue weighted by molar-refractivity contribution is 6.11. The van der Waals surface area contributed by atoms with E-state index in [0.717, 1.165) is 6.07 Å². The summed E-state index contributed by atoms with van der Waals surface area (Å²) in [5.41, 5.74) is -0.0623. The van der Waals surface area contributed by atoms with E-state index in [1.54, 1.807) is 43.4 Å². The van der Waals surface area contributed by atoms with Crippen LogP contribution in [0.5, 0.6) is 11.5 Å². The number of carbonyl (C=O) groups excluding carboxylic acids is 2. The first-order valence-electron chi connectivity index (χ1n) is 9.87. The molecule has 4 rings (SSSR count). The SMILES string of the molecule is Cn1nnnc1-c1cc(C(=O)O)cc(N(C(=O)Oc2ccccc2)C(=O)Oc2ccccc2)c1. The fraction of sp³-hybridized carbons (Fsp3) is 0.0435. The van der Waals surface area contributed by atoms with Crippen LogP contribution in [0.4, 0.5) is 15.3 Å². The highest BCUT2D eigenvalue weighted by atomic mass is 16.6. The van der Waals surface area contributed by atoms with E-state index in [0.29, 0.717) is 4.90 Å². The van der Waals surface area contributed by atoms with Crippen LogP contribution in [0.2, 0.25) is 0 Å². The van der Waals surface area contributed by atoms with Gasteiger partial charge >= 0.3 is 18.2 Å². The van der Waals surface area contributed by atoms with Crippen molar-refractivity contribution in [3.8, 4) is 22.9 Å². The Morgan fingerprint density at radius 3 is 1.88 bits per heavy atom. The van der Waals surface area contributed by atoms with Crippen molar-refractivity contribution >= 4 is 23.8 Å². The number of imide groups is 1. The van der Waals surface area contributed by atoms with Gasteiger partial charge in [0.15, 0.2) is 5.82 Å². The van der Waals surface area contributed by atoms with Gasteiger partial charge in [-0.1, -0.05) is 36.4 Å². The van der Waals surface area contributed by atoms with E-state index in [-0.39, 0.29) is 34.1 Å². The summed E-state index contributed by atoms with van der Waals surface area (Å²) in [6, 6.07) is 20.0. The number of para-hydroxylation sites is 2. The Bertz CT molecular complexity index is 1290. The first-order chi connectivity index (χ1) is 16.4. The Morgan fingerprint density at radius 1 is 0.853 bits per heavy atom. The second-order valence-electron chi connectivity index (χ2n) is 6.90. The van der Waals surface area contributed by atoms with Crippen molar-refractivity contribution in [3.63, 3.8) is 0 Å². The molecule has 4 aromatic rings. The number of amides is 2. The zero-order valence-corrected chi connectivity index (χ0v) is 17.7. The lowest BCUT2D eigenvalue weighted by molar-refractivity contribution is 0.0696. The second-order valence-corrected chi connectivity index (χ2v) is 6.90. The van der Waals surface area contributed by atoms with Crippen LogP contribution in [0.3, 0.4) is 0 Å². The molecule has 0 atom stereocenters. The highest BCUT2D eigenvalue weighted by Gasteiger charge is 2.30. The quantitative estimate of drug-likeness (QED) is 0.473. The van der Waals surface area contributed by atoms with E-state index >= 15 is 0 Å². The van der Waals surface area contributed by atoms with Crippen molar-refractivity contribution in [1.29, 1.82) is 0 Å². The third kappa shape index (κ3) is 4.88. The molecule has 0 spiro atoms. The van der Waals surface area contributed by atoms with Gasteiger partial charge in [-0.05, 0) is 52.9 Å². The van der Waals surface area contributed by atoms with Gasteiger partial charge in [0.2, 0.25) is 0 Å². The number of rotatable bonds is 5. The van der Waals surface area contributed by atoms with E-state index in [2.05, 4.69) is 15.5 Å². The molecule has 0 radical (unpaired) electrons. The smallest absolute Gasteiger partial charge is 0.429 e. The molecule has 34 heavy (non-hydrogen) atoms. The molecule has 0 aliphatic rings. The molecule has 0 unspecified atom stereocenters. The van der Waals surface area contributed by atoms with E-state index in [4.69, 9.17) is 9.47 Å². The van der Waals surface area contributed by atoms with Gasteiger partial charge in [0, 0.05) is 12.6 Å². The van der Waals surface area contributed by atoms with Crippen LogP contribution < -0.4 is 14.4 Å². The third-order valence-corrected chi connectivity index (χ3v) is 4.56. The lowest BCUT2D eigenvalue weighted by atomic mass is 10.1. The molecule has 0 saturated carbocycles. The molecular formula is C23H17N5O6. The van der Waals surface area contributed by atoms with Crippen molar-refractivity contribution in [2.45, 2.75) is 0 Å². The first kappa shape index (κ1) is 22.1. The number of benzene rings is 3. The predicted octanol–water partition coefficient (Wildman–Crippen LogP) is 3.78. The molecule has 170 valence electrons. The van der Waals surface area contributed by atoms with Gasteiger partial charge in [0.1, 0.15) is 11.5 Å². The van der Waals surface area contributed by atoms with Crippen LogP contribution in [-0.4, -0.2) is 43.5 Å². The molecule has 1 aromatic heterocycles. The number of carboxylic acids is 1. The van der Waals surface area contributed by atoms with Gasteiger partial charge in [-0.25, -0.2) is 19.1 Å². The third-order valence-electron chi connectivity index (χ3n) is 4.56. The van der Waals surface area contributed by atoms with Crippen LogP contribution in [0.15, 0.2) is 78.9 Å². The molecule has 11 heteroatoms. The molecule has 1 N–H and O–H groups in total. The number of ether oxygens (including phenoxy) is 2. The summed E-state index contributed by atoms with van der Waals surface area (Å²) in [7, 11) is 1.56. The molecule has 0 aliphatic carbocycles. The van der Waals surface area contributed by atoms with Crippen molar-refractivity contribution in [3.05, 3.63) is 84.4 Å². The van der Waals surface area contributed by atoms with E-state index in [1.165, 1.54) is 41.1 Å². The zero-order valence-electron chi connectivity index (χ0n) is 17.7. The van der Waals surface area contributed by atoms with Crippen molar-refractivity contribution < 1.29 is 29.0 Å². The highest BCUT2D eigenvalue weighted by Crippen LogP contribution is 2.27. The van der Waals surface area contributed by atoms with Gasteiger partial charge in [-0.15, -0.1) is 5.10 Å². The second kappa shape index (κ2) is 9.61. The Hall–Kier alpha value is -5.06. The molecule has 0 fully saturated rings. The number of aromatic nitrogens is 4. The average molecular weight is 459 g/mol. The molecule has 11 nitrogen and oxygen atoms in total. The number of aryl methyl sites for hydroxylation is 1. The maximum absolute atomic E-state index is 13.1. The largest absolute Gasteiger partial charge is 0.478 e. The number of anilines is 1. The van der Waals surface area contributed by atoms with E-state index < -0.39 is 18.2 Å². The summed E-state index contributed by atoms with van der Waals surface area (Å²) in [6.07, 6.45) is -2.20. The summed E-state index contributed by atoms with van der Waals surface area (Å²) < 4.78 is 12.0. The van der Waals surface area contributed by atoms with Gasteiger partial charge in [0.25, 0.3) is 0 Å². The number of carbonyl (C=O) groups is 3. The number of aromatic carboxylic acids is 1. The number of carboxylic acid groups (broad SMARTS) is 1. The van der Waals surface area contributed by atoms with Crippen LogP contribution in [0.25, 0.3) is 11.4 Å². The lowest BCUT2D eigenvalue weighted by Gasteiger charge is -2.21. The fourth-order valence-corrected chi connectivity index (χ4v) is 3.02. The van der Waals surface area contributed by atoms with Crippen LogP contribution in [0, 0.1) is 0 Å². The lowest BCUT2D eigenvalue weighted by Crippen LogP contribution is -2.41. The Balaban J connectivity index is 1.79. The topological polar surface area (TPSA) is 137 Å². The molecule has 0 aliphatic heterocycles. The Kier molecular flexibility index (Phi) is 6.26. The van der Waals surface area contributed by atoms with Gasteiger partial charge in [-0.2, -0.15) is 4.90 Å². The molecule has 0 saturated heterocycles. The minimum atomic E-state index is -1.29. The van der Waals surface area contributed by atoms with Gasteiger partial charge in [-0.3, -0.25) is 0 Å². The summed E-state index contributed by atoms with van der Waals surface area (Å²) in [5, 5.41) is 20.8. The van der Waals surface area contributed by atoms with E-state index in [1.807, 2.05) is 0 Å². The van der Waals surface area contributed by atoms with Crippen molar-refractivity contribution in [2.24, 2.45) is 7.05 Å². The summed E-state index contributed by atoms with van der Waals surface area (Å²) in [6.45, 7) is 0. The molecular weight excluding hydrogens is 442 g/mol. The predicted molar refractivity (Wildman–Crippen MR) is 119 cm³/mol. The Labute approximate surface area is 192 Å². The maximum Gasteiger partial charge on any atom is 0.429 e. The number of hydrogen-bond donors (Lipinski definition) is 1. The fourth-order valence-electron chi connectivity index (χ4n) is 3.02. The molecule has 1 heterocycles. The van der Waals surface area contributed by atoms with Crippen molar-refractivity contribution in [1.82, 2.24) is 20.2 Å². The van der Waals surface area contributed by atoms with Crippen LogP contribution in [0.1, 0.15) is 10.4 Å².